The van der Waals surface area contributed by atoms with Crippen molar-refractivity contribution in [2.24, 2.45) is 5.92 Å². The normalized spacial score (nSPS) is 11.9. The molecule has 0 radical (unpaired) electrons. The molecule has 1 aromatic carbocycles. The summed E-state index contributed by atoms with van der Waals surface area (Å²) in [6, 6.07) is 7.13. The van der Waals surface area contributed by atoms with Crippen LogP contribution in [-0.2, 0) is 0 Å². The van der Waals surface area contributed by atoms with Crippen LogP contribution in [0.2, 0.25) is 0 Å². The Labute approximate surface area is 142 Å². The molecule has 1 atom stereocenters. The largest absolute Gasteiger partial charge is 0.360 e. The molecule has 0 aliphatic rings. The van der Waals surface area contributed by atoms with Crippen LogP contribution in [-0.4, -0.2) is 23.5 Å². The Balaban J connectivity index is 1.80. The zero-order chi connectivity index (χ0) is 17.4. The van der Waals surface area contributed by atoms with E-state index in [4.69, 9.17) is 0 Å². The van der Waals surface area contributed by atoms with Gasteiger partial charge in [0, 0.05) is 23.6 Å². The van der Waals surface area contributed by atoms with Crippen molar-refractivity contribution in [2.75, 3.05) is 6.54 Å². The number of aromatic nitrogens is 1. The Hall–Kier alpha value is -2.50. The van der Waals surface area contributed by atoms with Crippen LogP contribution in [0.25, 0.3) is 10.9 Å². The molecule has 24 heavy (non-hydrogen) atoms. The molecule has 1 aromatic heterocycles. The number of carbonyl (C=O) groups is 2. The van der Waals surface area contributed by atoms with Crippen molar-refractivity contribution in [3.05, 3.63) is 36.0 Å². The van der Waals surface area contributed by atoms with Gasteiger partial charge in [-0.15, -0.1) is 0 Å². The molecule has 0 saturated carbocycles. The Morgan fingerprint density at radius 1 is 1.17 bits per heavy atom. The number of carbonyl (C=O) groups excluding carboxylic acids is 2. The SMILES string of the molecule is CCCCC(CC)CNC(=O)NNC(=O)c1c[nH]c2ccccc12. The molecular formula is C18H26N4O2. The molecule has 6 heteroatoms. The molecule has 6 nitrogen and oxygen atoms in total. The van der Waals surface area contributed by atoms with Gasteiger partial charge in [0.05, 0.1) is 5.56 Å². The van der Waals surface area contributed by atoms with Gasteiger partial charge in [-0.05, 0) is 18.4 Å². The quantitative estimate of drug-likeness (QED) is 0.587. The number of nitrogens with one attached hydrogen (secondary N) is 4. The van der Waals surface area contributed by atoms with Crippen molar-refractivity contribution in [3.63, 3.8) is 0 Å². The van der Waals surface area contributed by atoms with Crippen LogP contribution in [0.4, 0.5) is 4.79 Å². The topological polar surface area (TPSA) is 86.0 Å². The first kappa shape index (κ1) is 17.8. The first-order valence-corrected chi connectivity index (χ1v) is 8.56. The number of urea groups is 1. The second kappa shape index (κ2) is 8.96. The Bertz CT molecular complexity index is 680. The zero-order valence-electron chi connectivity index (χ0n) is 14.3. The molecule has 4 N–H and O–H groups in total. The lowest BCUT2D eigenvalue weighted by Gasteiger charge is -2.15. The minimum absolute atomic E-state index is 0.347. The number of aromatic amines is 1. The van der Waals surface area contributed by atoms with E-state index in [0.717, 1.165) is 30.2 Å². The predicted molar refractivity (Wildman–Crippen MR) is 95.6 cm³/mol. The van der Waals surface area contributed by atoms with E-state index in [9.17, 15) is 9.59 Å². The van der Waals surface area contributed by atoms with Gasteiger partial charge < -0.3 is 10.3 Å². The van der Waals surface area contributed by atoms with Crippen LogP contribution >= 0.6 is 0 Å². The molecular weight excluding hydrogens is 304 g/mol. The van der Waals surface area contributed by atoms with Crippen LogP contribution in [0.3, 0.4) is 0 Å². The summed E-state index contributed by atoms with van der Waals surface area (Å²) in [6.45, 7) is 4.90. The summed E-state index contributed by atoms with van der Waals surface area (Å²) in [5.41, 5.74) is 6.23. The number of H-pyrrole nitrogens is 1. The molecule has 0 saturated heterocycles. The average molecular weight is 330 g/mol. The van der Waals surface area contributed by atoms with E-state index < -0.39 is 6.03 Å². The summed E-state index contributed by atoms with van der Waals surface area (Å²) in [7, 11) is 0. The van der Waals surface area contributed by atoms with Gasteiger partial charge in [-0.25, -0.2) is 10.2 Å². The summed E-state index contributed by atoms with van der Waals surface area (Å²) < 4.78 is 0. The molecule has 0 aliphatic carbocycles. The minimum Gasteiger partial charge on any atom is -0.360 e. The van der Waals surface area contributed by atoms with Gasteiger partial charge in [-0.2, -0.15) is 0 Å². The third-order valence-corrected chi connectivity index (χ3v) is 4.22. The second-order valence-corrected chi connectivity index (χ2v) is 5.95. The van der Waals surface area contributed by atoms with Crippen molar-refractivity contribution in [1.29, 1.82) is 0 Å². The lowest BCUT2D eigenvalue weighted by atomic mass is 9.99. The standard InChI is InChI=1S/C18H26N4O2/c1-3-5-8-13(4-2)11-20-18(24)22-21-17(23)15-12-19-16-10-7-6-9-14(15)16/h6-7,9-10,12-13,19H,3-5,8,11H2,1-2H3,(H,21,23)(H2,20,22,24). The monoisotopic (exact) mass is 330 g/mol. The maximum Gasteiger partial charge on any atom is 0.333 e. The number of hydrogen-bond acceptors (Lipinski definition) is 2. The van der Waals surface area contributed by atoms with Crippen LogP contribution < -0.4 is 16.2 Å². The molecule has 130 valence electrons. The number of rotatable bonds is 7. The van der Waals surface area contributed by atoms with Crippen molar-refractivity contribution in [3.8, 4) is 0 Å². The second-order valence-electron chi connectivity index (χ2n) is 5.95. The van der Waals surface area contributed by atoms with E-state index in [-0.39, 0.29) is 5.91 Å². The third-order valence-electron chi connectivity index (χ3n) is 4.22. The van der Waals surface area contributed by atoms with Crippen LogP contribution in [0.15, 0.2) is 30.5 Å². The van der Waals surface area contributed by atoms with Gasteiger partial charge in [0.1, 0.15) is 0 Å². The van der Waals surface area contributed by atoms with Crippen LogP contribution in [0.1, 0.15) is 49.9 Å². The van der Waals surface area contributed by atoms with Gasteiger partial charge in [-0.3, -0.25) is 10.2 Å². The van der Waals surface area contributed by atoms with E-state index in [1.807, 2.05) is 24.3 Å². The third kappa shape index (κ3) is 4.75. The molecule has 0 aliphatic heterocycles. The van der Waals surface area contributed by atoms with Gasteiger partial charge in [-0.1, -0.05) is 51.3 Å². The Kier molecular flexibility index (Phi) is 6.66. The van der Waals surface area contributed by atoms with E-state index in [0.29, 0.717) is 18.0 Å². The molecule has 0 fully saturated rings. The zero-order valence-corrected chi connectivity index (χ0v) is 14.3. The van der Waals surface area contributed by atoms with E-state index in [1.54, 1.807) is 6.20 Å². The van der Waals surface area contributed by atoms with Gasteiger partial charge in [0.15, 0.2) is 0 Å². The molecule has 0 spiro atoms. The number of hydrogen-bond donors (Lipinski definition) is 4. The fourth-order valence-corrected chi connectivity index (χ4v) is 2.66. The molecule has 2 aromatic rings. The van der Waals surface area contributed by atoms with Crippen LogP contribution in [0.5, 0.6) is 0 Å². The lowest BCUT2D eigenvalue weighted by molar-refractivity contribution is 0.0938. The summed E-state index contributed by atoms with van der Waals surface area (Å²) in [5.74, 6) is 0.126. The van der Waals surface area contributed by atoms with Gasteiger partial charge in [0.2, 0.25) is 0 Å². The summed E-state index contributed by atoms with van der Waals surface area (Å²) in [6.07, 6.45) is 6.09. The fraction of sp³-hybridized carbons (Fsp3) is 0.444. The molecule has 3 amide bonds. The highest BCUT2D eigenvalue weighted by Gasteiger charge is 2.13. The summed E-state index contributed by atoms with van der Waals surface area (Å²) in [4.78, 5) is 27.1. The lowest BCUT2D eigenvalue weighted by Crippen LogP contribution is -2.47. The molecule has 2 rings (SSSR count). The summed E-state index contributed by atoms with van der Waals surface area (Å²) in [5, 5.41) is 3.63. The maximum atomic E-state index is 12.2. The predicted octanol–water partition coefficient (Wildman–Crippen LogP) is 3.33. The molecule has 0 bridgehead atoms. The number of benzene rings is 1. The highest BCUT2D eigenvalue weighted by Crippen LogP contribution is 2.17. The number of para-hydroxylation sites is 1. The number of amides is 3. The van der Waals surface area contributed by atoms with E-state index in [1.165, 1.54) is 6.42 Å². The highest BCUT2D eigenvalue weighted by molar-refractivity contribution is 6.06. The average Bonchev–Trinajstić information content (AvgIpc) is 3.04. The van der Waals surface area contributed by atoms with Crippen molar-refractivity contribution in [1.82, 2.24) is 21.2 Å². The van der Waals surface area contributed by atoms with Crippen LogP contribution in [0, 0.1) is 5.92 Å². The van der Waals surface area contributed by atoms with Crippen molar-refractivity contribution >= 4 is 22.8 Å². The fourth-order valence-electron chi connectivity index (χ4n) is 2.66. The van der Waals surface area contributed by atoms with E-state index in [2.05, 4.69) is 35.0 Å². The molecule has 1 heterocycles. The number of fused-ring (bicyclic) bond motifs is 1. The van der Waals surface area contributed by atoms with E-state index >= 15 is 0 Å². The smallest absolute Gasteiger partial charge is 0.333 e. The number of hydrazine groups is 1. The summed E-state index contributed by atoms with van der Waals surface area (Å²) >= 11 is 0. The van der Waals surface area contributed by atoms with Gasteiger partial charge >= 0.3 is 6.03 Å². The maximum absolute atomic E-state index is 12.2. The Morgan fingerprint density at radius 3 is 2.71 bits per heavy atom. The first-order valence-electron chi connectivity index (χ1n) is 8.56. The first-order chi connectivity index (χ1) is 11.7. The highest BCUT2D eigenvalue weighted by atomic mass is 16.2. The van der Waals surface area contributed by atoms with Crippen molar-refractivity contribution in [2.45, 2.75) is 39.5 Å². The number of unbranched alkanes of at least 4 members (excludes halogenated alkanes) is 1. The van der Waals surface area contributed by atoms with Crippen molar-refractivity contribution < 1.29 is 9.59 Å². The molecule has 1 unspecified atom stereocenters. The Morgan fingerprint density at radius 2 is 1.96 bits per heavy atom. The van der Waals surface area contributed by atoms with Gasteiger partial charge in [0.25, 0.3) is 5.91 Å². The minimum atomic E-state index is -0.391.